The summed E-state index contributed by atoms with van der Waals surface area (Å²) in [4.78, 5) is 23.9. The monoisotopic (exact) mass is 196 g/mol. The van der Waals surface area contributed by atoms with Crippen molar-refractivity contribution in [3.63, 3.8) is 0 Å². The lowest BCUT2D eigenvalue weighted by Gasteiger charge is -2.03. The van der Waals surface area contributed by atoms with Crippen molar-refractivity contribution in [1.82, 2.24) is 4.98 Å². The van der Waals surface area contributed by atoms with Crippen molar-refractivity contribution in [3.05, 3.63) is 28.6 Å². The Balaban J connectivity index is 2.84. The molecule has 3 N–H and O–H groups in total. The van der Waals surface area contributed by atoms with Crippen LogP contribution in [0.15, 0.2) is 18.5 Å². The molecule has 0 unspecified atom stereocenters. The van der Waals surface area contributed by atoms with E-state index in [9.17, 15) is 14.9 Å². The molecule has 0 radical (unpaired) electrons. The van der Waals surface area contributed by atoms with E-state index >= 15 is 0 Å². The molecule has 7 heteroatoms. The summed E-state index contributed by atoms with van der Waals surface area (Å²) >= 11 is 0. The lowest BCUT2D eigenvalue weighted by molar-refractivity contribution is -0.384. The predicted octanol–water partition coefficient (Wildman–Crippen LogP) is -0.113. The number of carbonyl (C=O) groups is 1. The van der Waals surface area contributed by atoms with Gasteiger partial charge in [0.25, 0.3) is 0 Å². The number of nitrogens with one attached hydrogen (secondary N) is 1. The molecule has 0 aliphatic rings. The van der Waals surface area contributed by atoms with Crippen molar-refractivity contribution in [2.45, 2.75) is 0 Å². The van der Waals surface area contributed by atoms with E-state index in [1.807, 2.05) is 0 Å². The number of amides is 1. The SMILES string of the molecule is NC(=O)CNc1ccncc1[N+](=O)[O-]. The van der Waals surface area contributed by atoms with Crippen LogP contribution in [0.4, 0.5) is 11.4 Å². The Bertz CT molecular complexity index is 366. The number of nitrogens with two attached hydrogens (primary N) is 1. The van der Waals surface area contributed by atoms with Gasteiger partial charge in [0, 0.05) is 6.20 Å². The Morgan fingerprint density at radius 3 is 3.00 bits per heavy atom. The van der Waals surface area contributed by atoms with Crippen molar-refractivity contribution < 1.29 is 9.72 Å². The highest BCUT2D eigenvalue weighted by atomic mass is 16.6. The summed E-state index contributed by atoms with van der Waals surface area (Å²) in [6, 6.07) is 1.40. The van der Waals surface area contributed by atoms with Gasteiger partial charge in [-0.05, 0) is 6.07 Å². The number of pyridine rings is 1. The normalized spacial score (nSPS) is 9.43. The molecule has 0 aromatic carbocycles. The van der Waals surface area contributed by atoms with E-state index in [4.69, 9.17) is 5.73 Å². The van der Waals surface area contributed by atoms with Crippen LogP contribution in [-0.2, 0) is 4.79 Å². The van der Waals surface area contributed by atoms with E-state index in [1.165, 1.54) is 12.3 Å². The third-order valence-corrected chi connectivity index (χ3v) is 1.45. The maximum absolute atomic E-state index is 10.5. The number of nitro groups is 1. The number of hydrogen-bond acceptors (Lipinski definition) is 5. The van der Waals surface area contributed by atoms with Crippen molar-refractivity contribution in [1.29, 1.82) is 0 Å². The van der Waals surface area contributed by atoms with Gasteiger partial charge in [-0.3, -0.25) is 19.9 Å². The summed E-state index contributed by atoms with van der Waals surface area (Å²) in [5.41, 5.74) is 4.92. The molecule has 1 amide bonds. The molecule has 74 valence electrons. The first-order chi connectivity index (χ1) is 6.61. The van der Waals surface area contributed by atoms with Crippen molar-refractivity contribution in [2.75, 3.05) is 11.9 Å². The number of aromatic nitrogens is 1. The first kappa shape index (κ1) is 9.90. The molecule has 14 heavy (non-hydrogen) atoms. The Kier molecular flexibility index (Phi) is 2.95. The van der Waals surface area contributed by atoms with Gasteiger partial charge < -0.3 is 11.1 Å². The lowest BCUT2D eigenvalue weighted by atomic mass is 10.3. The molecule has 0 spiro atoms. The molecule has 0 aliphatic heterocycles. The van der Waals surface area contributed by atoms with E-state index in [2.05, 4.69) is 10.3 Å². The molecule has 0 saturated carbocycles. The molecular formula is C7H8N4O3. The van der Waals surface area contributed by atoms with Crippen molar-refractivity contribution in [3.8, 4) is 0 Å². The fourth-order valence-electron chi connectivity index (χ4n) is 0.863. The molecule has 0 bridgehead atoms. The number of anilines is 1. The van der Waals surface area contributed by atoms with Gasteiger partial charge >= 0.3 is 5.69 Å². The third-order valence-electron chi connectivity index (χ3n) is 1.45. The molecule has 1 aromatic rings. The summed E-state index contributed by atoms with van der Waals surface area (Å²) in [6.07, 6.45) is 2.49. The van der Waals surface area contributed by atoms with Gasteiger partial charge in [-0.2, -0.15) is 0 Å². The van der Waals surface area contributed by atoms with Gasteiger partial charge in [-0.1, -0.05) is 0 Å². The van der Waals surface area contributed by atoms with Crippen LogP contribution in [0.3, 0.4) is 0 Å². The van der Waals surface area contributed by atoms with Gasteiger partial charge in [-0.25, -0.2) is 0 Å². The second kappa shape index (κ2) is 4.17. The topological polar surface area (TPSA) is 111 Å². The van der Waals surface area contributed by atoms with Gasteiger partial charge in [0.15, 0.2) is 0 Å². The first-order valence-electron chi connectivity index (χ1n) is 3.72. The molecule has 0 aliphatic carbocycles. The molecule has 0 atom stereocenters. The van der Waals surface area contributed by atoms with E-state index in [1.54, 1.807) is 0 Å². The fourth-order valence-corrected chi connectivity index (χ4v) is 0.863. The Labute approximate surface area is 79.1 Å². The predicted molar refractivity (Wildman–Crippen MR) is 48.6 cm³/mol. The molecule has 0 saturated heterocycles. The zero-order valence-corrected chi connectivity index (χ0v) is 7.14. The van der Waals surface area contributed by atoms with Crippen molar-refractivity contribution in [2.24, 2.45) is 5.73 Å². The van der Waals surface area contributed by atoms with E-state index < -0.39 is 10.8 Å². The Hall–Kier alpha value is -2.18. The Morgan fingerprint density at radius 1 is 1.71 bits per heavy atom. The second-order valence-corrected chi connectivity index (χ2v) is 2.47. The number of primary amides is 1. The first-order valence-corrected chi connectivity index (χ1v) is 3.72. The lowest BCUT2D eigenvalue weighted by Crippen LogP contribution is -2.22. The van der Waals surface area contributed by atoms with Crippen LogP contribution in [0.1, 0.15) is 0 Å². The van der Waals surface area contributed by atoms with Crippen LogP contribution in [0.25, 0.3) is 0 Å². The maximum atomic E-state index is 10.5. The third kappa shape index (κ3) is 2.41. The van der Waals surface area contributed by atoms with Crippen LogP contribution in [0.2, 0.25) is 0 Å². The standard InChI is InChI=1S/C7H8N4O3/c8-7(12)4-10-5-1-2-9-3-6(5)11(13)14/h1-3H,4H2,(H2,8,12)(H,9,10). The molecular weight excluding hydrogens is 188 g/mol. The van der Waals surface area contributed by atoms with Gasteiger partial charge in [0.05, 0.1) is 11.5 Å². The number of rotatable bonds is 4. The zero-order valence-electron chi connectivity index (χ0n) is 7.14. The average molecular weight is 196 g/mol. The Morgan fingerprint density at radius 2 is 2.43 bits per heavy atom. The summed E-state index contributed by atoms with van der Waals surface area (Å²) in [7, 11) is 0. The minimum Gasteiger partial charge on any atom is -0.370 e. The van der Waals surface area contributed by atoms with Gasteiger partial charge in [0.2, 0.25) is 5.91 Å². The molecule has 0 fully saturated rings. The van der Waals surface area contributed by atoms with Gasteiger partial charge in [0.1, 0.15) is 11.9 Å². The summed E-state index contributed by atoms with van der Waals surface area (Å²) in [5, 5.41) is 13.0. The number of carbonyl (C=O) groups excluding carboxylic acids is 1. The van der Waals surface area contributed by atoms with E-state index in [0.717, 1.165) is 6.20 Å². The highest BCUT2D eigenvalue weighted by Gasteiger charge is 2.12. The number of hydrogen-bond donors (Lipinski definition) is 2. The highest BCUT2D eigenvalue weighted by molar-refractivity contribution is 5.79. The summed E-state index contributed by atoms with van der Waals surface area (Å²) < 4.78 is 0. The molecule has 1 aromatic heterocycles. The van der Waals surface area contributed by atoms with E-state index in [-0.39, 0.29) is 17.9 Å². The summed E-state index contributed by atoms with van der Waals surface area (Å²) in [5.74, 6) is -0.587. The smallest absolute Gasteiger partial charge is 0.310 e. The van der Waals surface area contributed by atoms with Crippen LogP contribution < -0.4 is 11.1 Å². The minimum atomic E-state index is -0.587. The van der Waals surface area contributed by atoms with Crippen LogP contribution in [0.5, 0.6) is 0 Å². The summed E-state index contributed by atoms with van der Waals surface area (Å²) in [6.45, 7) is -0.148. The highest BCUT2D eigenvalue weighted by Crippen LogP contribution is 2.21. The number of nitrogens with zero attached hydrogens (tertiary/aromatic N) is 2. The molecule has 1 rings (SSSR count). The van der Waals surface area contributed by atoms with Crippen LogP contribution in [0, 0.1) is 10.1 Å². The minimum absolute atomic E-state index is 0.148. The van der Waals surface area contributed by atoms with E-state index in [0.29, 0.717) is 0 Å². The van der Waals surface area contributed by atoms with Crippen LogP contribution in [-0.4, -0.2) is 22.4 Å². The largest absolute Gasteiger partial charge is 0.370 e. The molecule has 7 nitrogen and oxygen atoms in total. The zero-order chi connectivity index (χ0) is 10.6. The fraction of sp³-hybridized carbons (Fsp3) is 0.143. The van der Waals surface area contributed by atoms with Crippen LogP contribution >= 0.6 is 0 Å². The second-order valence-electron chi connectivity index (χ2n) is 2.47. The van der Waals surface area contributed by atoms with Gasteiger partial charge in [-0.15, -0.1) is 0 Å². The van der Waals surface area contributed by atoms with Crippen molar-refractivity contribution >= 4 is 17.3 Å². The molecule has 1 heterocycles. The maximum Gasteiger partial charge on any atom is 0.310 e. The average Bonchev–Trinajstić information content (AvgIpc) is 2.15. The quantitative estimate of drug-likeness (QED) is 0.515.